The molecule has 0 saturated carbocycles. The first-order valence-corrected chi connectivity index (χ1v) is 9.50. The van der Waals surface area contributed by atoms with Crippen LogP contribution < -0.4 is 29.2 Å². The van der Waals surface area contributed by atoms with Crippen LogP contribution in [0.15, 0.2) is 60.7 Å². The average molecular weight is 404 g/mol. The van der Waals surface area contributed by atoms with Gasteiger partial charge >= 0.3 is 0 Å². The van der Waals surface area contributed by atoms with E-state index in [0.717, 1.165) is 11.3 Å². The summed E-state index contributed by atoms with van der Waals surface area (Å²) in [6.07, 6.45) is -0.451. The molecule has 0 unspecified atom stereocenters. The fraction of sp³-hybridized carbons (Fsp3) is 0.174. The van der Waals surface area contributed by atoms with Crippen LogP contribution in [0.2, 0.25) is 0 Å². The van der Waals surface area contributed by atoms with E-state index in [9.17, 15) is 4.79 Å². The van der Waals surface area contributed by atoms with Crippen LogP contribution in [-0.2, 0) is 0 Å². The normalized spacial score (nSPS) is 16.7. The monoisotopic (exact) mass is 404 g/mol. The van der Waals surface area contributed by atoms with Gasteiger partial charge in [0.25, 0.3) is 5.91 Å². The van der Waals surface area contributed by atoms with Gasteiger partial charge in [0.1, 0.15) is 6.17 Å². The number of carbonyl (C=O) groups is 1. The van der Waals surface area contributed by atoms with Crippen molar-refractivity contribution in [2.75, 3.05) is 31.2 Å². The highest BCUT2D eigenvalue weighted by molar-refractivity contribution is 6.12. The fourth-order valence-corrected chi connectivity index (χ4v) is 3.81. The minimum Gasteiger partial charge on any atom is -0.493 e. The molecule has 30 heavy (non-hydrogen) atoms. The zero-order valence-corrected chi connectivity index (χ0v) is 16.5. The Kier molecular flexibility index (Phi) is 4.35. The number of amides is 1. The Hall–Kier alpha value is -3.87. The Morgan fingerprint density at radius 3 is 2.57 bits per heavy atom. The molecule has 0 aliphatic carbocycles. The molecule has 0 radical (unpaired) electrons. The molecule has 152 valence electrons. The van der Waals surface area contributed by atoms with Crippen molar-refractivity contribution in [2.45, 2.75) is 6.17 Å². The Balaban J connectivity index is 1.64. The molecule has 0 aromatic heterocycles. The minimum absolute atomic E-state index is 0.108. The van der Waals surface area contributed by atoms with Crippen molar-refractivity contribution in [3.05, 3.63) is 71.8 Å². The van der Waals surface area contributed by atoms with Gasteiger partial charge in [-0.1, -0.05) is 18.2 Å². The zero-order valence-electron chi connectivity index (χ0n) is 16.5. The van der Waals surface area contributed by atoms with Crippen LogP contribution >= 0.6 is 0 Å². The van der Waals surface area contributed by atoms with E-state index in [1.807, 2.05) is 60.7 Å². The van der Waals surface area contributed by atoms with Crippen molar-refractivity contribution < 1.29 is 23.7 Å². The molecule has 0 saturated heterocycles. The van der Waals surface area contributed by atoms with Crippen molar-refractivity contribution in [1.29, 1.82) is 0 Å². The molecule has 1 amide bonds. The van der Waals surface area contributed by atoms with Crippen molar-refractivity contribution in [1.82, 2.24) is 0 Å². The molecule has 7 nitrogen and oxygen atoms in total. The first kappa shape index (κ1) is 18.2. The standard InChI is InChI=1S/C23H20N2O5/c1-27-18-9-7-14(11-20(18)28-2)22-24-17-6-4-3-5-16(17)23(26)25(22)15-8-10-19-21(12-15)30-13-29-19/h3-12,22,24H,13H2,1-2H3/t22-/m0/s1. The van der Waals surface area contributed by atoms with Crippen LogP contribution in [0.4, 0.5) is 11.4 Å². The largest absolute Gasteiger partial charge is 0.493 e. The maximum absolute atomic E-state index is 13.5. The maximum atomic E-state index is 13.5. The van der Waals surface area contributed by atoms with Crippen molar-refractivity contribution >= 4 is 17.3 Å². The summed E-state index contributed by atoms with van der Waals surface area (Å²) in [5.74, 6) is 2.39. The average Bonchev–Trinajstić information content (AvgIpc) is 3.26. The Morgan fingerprint density at radius 2 is 1.73 bits per heavy atom. The number of para-hydroxylation sites is 1. The van der Waals surface area contributed by atoms with Crippen LogP contribution in [0.3, 0.4) is 0 Å². The lowest BCUT2D eigenvalue weighted by molar-refractivity contribution is 0.0975. The number of nitrogens with one attached hydrogen (secondary N) is 1. The van der Waals surface area contributed by atoms with Crippen LogP contribution in [-0.4, -0.2) is 26.9 Å². The van der Waals surface area contributed by atoms with Crippen LogP contribution in [0.25, 0.3) is 0 Å². The maximum Gasteiger partial charge on any atom is 0.262 e. The molecule has 1 N–H and O–H groups in total. The van der Waals surface area contributed by atoms with E-state index in [4.69, 9.17) is 18.9 Å². The predicted octanol–water partition coefficient (Wildman–Crippen LogP) is 4.20. The quantitative estimate of drug-likeness (QED) is 0.703. The van der Waals surface area contributed by atoms with Crippen molar-refractivity contribution in [3.8, 4) is 23.0 Å². The molecule has 1 atom stereocenters. The SMILES string of the molecule is COc1ccc([C@H]2Nc3ccccc3C(=O)N2c2ccc3c(c2)OCO3)cc1OC. The summed E-state index contributed by atoms with van der Waals surface area (Å²) in [5, 5.41) is 3.49. The second-order valence-electron chi connectivity index (χ2n) is 6.92. The zero-order chi connectivity index (χ0) is 20.7. The highest BCUT2D eigenvalue weighted by Crippen LogP contribution is 2.42. The van der Waals surface area contributed by atoms with Gasteiger partial charge in [0.05, 0.1) is 25.5 Å². The molecular weight excluding hydrogens is 384 g/mol. The number of rotatable bonds is 4. The molecular formula is C23H20N2O5. The summed E-state index contributed by atoms with van der Waals surface area (Å²) < 4.78 is 21.8. The molecule has 2 aliphatic rings. The van der Waals surface area contributed by atoms with Gasteiger partial charge in [-0.05, 0) is 42.0 Å². The highest BCUT2D eigenvalue weighted by Gasteiger charge is 2.35. The number of methoxy groups -OCH3 is 2. The van der Waals surface area contributed by atoms with E-state index in [2.05, 4.69) is 5.32 Å². The van der Waals surface area contributed by atoms with Crippen LogP contribution in [0, 0.1) is 0 Å². The summed E-state index contributed by atoms with van der Waals surface area (Å²) in [5.41, 5.74) is 2.94. The number of ether oxygens (including phenoxy) is 4. The third kappa shape index (κ3) is 2.86. The predicted molar refractivity (Wildman–Crippen MR) is 112 cm³/mol. The minimum atomic E-state index is -0.451. The van der Waals surface area contributed by atoms with E-state index in [1.165, 1.54) is 0 Å². The lowest BCUT2D eigenvalue weighted by Crippen LogP contribution is -2.43. The van der Waals surface area contributed by atoms with Crippen molar-refractivity contribution in [3.63, 3.8) is 0 Å². The summed E-state index contributed by atoms with van der Waals surface area (Å²) in [6.45, 7) is 0.174. The summed E-state index contributed by atoms with van der Waals surface area (Å²) in [4.78, 5) is 15.3. The molecule has 2 aliphatic heterocycles. The van der Waals surface area contributed by atoms with Gasteiger partial charge < -0.3 is 24.3 Å². The third-order valence-electron chi connectivity index (χ3n) is 5.28. The lowest BCUT2D eigenvalue weighted by atomic mass is 10.0. The second kappa shape index (κ2) is 7.18. The number of fused-ring (bicyclic) bond motifs is 2. The van der Waals surface area contributed by atoms with Crippen LogP contribution in [0.5, 0.6) is 23.0 Å². The van der Waals surface area contributed by atoms with E-state index in [1.54, 1.807) is 19.1 Å². The third-order valence-corrected chi connectivity index (χ3v) is 5.28. The first-order chi connectivity index (χ1) is 14.7. The van der Waals surface area contributed by atoms with Gasteiger partial charge in [0.2, 0.25) is 6.79 Å². The number of carbonyl (C=O) groups excluding carboxylic acids is 1. The molecule has 5 rings (SSSR count). The van der Waals surface area contributed by atoms with Gasteiger partial charge in [0.15, 0.2) is 23.0 Å². The highest BCUT2D eigenvalue weighted by atomic mass is 16.7. The summed E-state index contributed by atoms with van der Waals surface area (Å²) >= 11 is 0. The molecule has 7 heteroatoms. The van der Waals surface area contributed by atoms with E-state index in [0.29, 0.717) is 34.2 Å². The molecule has 0 spiro atoms. The Morgan fingerprint density at radius 1 is 0.933 bits per heavy atom. The number of hydrogen-bond acceptors (Lipinski definition) is 6. The van der Waals surface area contributed by atoms with Crippen molar-refractivity contribution in [2.24, 2.45) is 0 Å². The Bertz CT molecular complexity index is 1130. The molecule has 3 aromatic rings. The van der Waals surface area contributed by atoms with Gasteiger partial charge in [-0.25, -0.2) is 0 Å². The van der Waals surface area contributed by atoms with Gasteiger partial charge in [-0.2, -0.15) is 0 Å². The van der Waals surface area contributed by atoms with Gasteiger partial charge in [0, 0.05) is 11.8 Å². The fourth-order valence-electron chi connectivity index (χ4n) is 3.81. The molecule has 3 aromatic carbocycles. The van der Waals surface area contributed by atoms with Gasteiger partial charge in [-0.15, -0.1) is 0 Å². The number of benzene rings is 3. The topological polar surface area (TPSA) is 69.3 Å². The van der Waals surface area contributed by atoms with E-state index >= 15 is 0 Å². The second-order valence-corrected chi connectivity index (χ2v) is 6.92. The van der Waals surface area contributed by atoms with E-state index < -0.39 is 6.17 Å². The first-order valence-electron chi connectivity index (χ1n) is 9.50. The summed E-state index contributed by atoms with van der Waals surface area (Å²) in [7, 11) is 3.18. The number of hydrogen-bond donors (Lipinski definition) is 1. The molecule has 0 bridgehead atoms. The summed E-state index contributed by atoms with van der Waals surface area (Å²) in [6, 6.07) is 18.6. The van der Waals surface area contributed by atoms with Crippen LogP contribution in [0.1, 0.15) is 22.1 Å². The molecule has 0 fully saturated rings. The lowest BCUT2D eigenvalue weighted by Gasteiger charge is -2.38. The molecule has 2 heterocycles. The van der Waals surface area contributed by atoms with E-state index in [-0.39, 0.29) is 12.7 Å². The number of nitrogens with zero attached hydrogens (tertiary/aromatic N) is 1. The number of anilines is 2. The Labute approximate surface area is 173 Å². The van der Waals surface area contributed by atoms with Gasteiger partial charge in [-0.3, -0.25) is 9.69 Å². The smallest absolute Gasteiger partial charge is 0.262 e.